The van der Waals surface area contributed by atoms with Crippen molar-refractivity contribution in [2.24, 2.45) is 0 Å². The molecule has 0 bridgehead atoms. The predicted molar refractivity (Wildman–Crippen MR) is 106 cm³/mol. The zero-order valence-corrected chi connectivity index (χ0v) is 17.5. The number of imidazole rings is 1. The lowest BCUT2D eigenvalue weighted by molar-refractivity contribution is 0.0136. The number of aromatic amines is 1. The summed E-state index contributed by atoms with van der Waals surface area (Å²) in [6.07, 6.45) is -0.301. The van der Waals surface area contributed by atoms with Gasteiger partial charge in [0.2, 0.25) is 0 Å². The Kier molecular flexibility index (Phi) is 6.07. The molecule has 0 amide bonds. The number of rotatable bonds is 6. The molecule has 0 radical (unpaired) electrons. The Labute approximate surface area is 172 Å². The van der Waals surface area contributed by atoms with Gasteiger partial charge in [-0.15, -0.1) is 0 Å². The van der Waals surface area contributed by atoms with Crippen molar-refractivity contribution in [2.75, 3.05) is 6.26 Å². The highest BCUT2D eigenvalue weighted by Crippen LogP contribution is 2.33. The van der Waals surface area contributed by atoms with E-state index < -0.39 is 27.9 Å². The molecule has 9 heteroatoms. The van der Waals surface area contributed by atoms with Crippen LogP contribution in [0.2, 0.25) is 5.02 Å². The zero-order chi connectivity index (χ0) is 21.3. The summed E-state index contributed by atoms with van der Waals surface area (Å²) in [5.74, 6) is -0.727. The van der Waals surface area contributed by atoms with Gasteiger partial charge in [0, 0.05) is 6.26 Å². The van der Waals surface area contributed by atoms with Crippen molar-refractivity contribution in [1.82, 2.24) is 9.97 Å². The maximum absolute atomic E-state index is 13.6. The lowest BCUT2D eigenvalue weighted by Gasteiger charge is -2.22. The minimum Gasteiger partial charge on any atom is -0.358 e. The summed E-state index contributed by atoms with van der Waals surface area (Å²) < 4.78 is 56.9. The molecule has 2 aromatic carbocycles. The van der Waals surface area contributed by atoms with Gasteiger partial charge in [0.15, 0.2) is 14.9 Å². The highest BCUT2D eigenvalue weighted by Gasteiger charge is 2.26. The van der Waals surface area contributed by atoms with Crippen LogP contribution in [0.4, 0.5) is 8.78 Å². The number of nitrogens with zero attached hydrogens (tertiary/aromatic N) is 1. The van der Waals surface area contributed by atoms with Gasteiger partial charge in [-0.2, -0.15) is 0 Å². The number of benzene rings is 2. The fraction of sp³-hybridized carbons (Fsp3) is 0.250. The van der Waals surface area contributed by atoms with Crippen molar-refractivity contribution in [1.29, 1.82) is 0 Å². The average Bonchev–Trinajstić information content (AvgIpc) is 3.04. The first-order chi connectivity index (χ1) is 13.6. The number of ether oxygens (including phenoxy) is 1. The van der Waals surface area contributed by atoms with Gasteiger partial charge in [-0.1, -0.05) is 29.8 Å². The summed E-state index contributed by atoms with van der Waals surface area (Å²) in [5.41, 5.74) is 1.55. The number of hydrogen-bond donors (Lipinski definition) is 1. The van der Waals surface area contributed by atoms with Crippen LogP contribution in [0.3, 0.4) is 0 Å². The highest BCUT2D eigenvalue weighted by molar-refractivity contribution is 7.90. The first-order valence-corrected chi connectivity index (χ1v) is 11.0. The maximum atomic E-state index is 13.6. The number of sulfone groups is 1. The molecule has 1 N–H and O–H groups in total. The Morgan fingerprint density at radius 1 is 1.10 bits per heavy atom. The molecular formula is C20H19ClF2N2O3S. The van der Waals surface area contributed by atoms with Gasteiger partial charge < -0.3 is 9.72 Å². The number of hydrogen-bond acceptors (Lipinski definition) is 4. The molecule has 0 aliphatic carbocycles. The van der Waals surface area contributed by atoms with Crippen LogP contribution >= 0.6 is 11.6 Å². The Morgan fingerprint density at radius 2 is 1.72 bits per heavy atom. The fourth-order valence-corrected chi connectivity index (χ4v) is 4.01. The molecule has 0 spiro atoms. The Hall–Kier alpha value is -2.29. The van der Waals surface area contributed by atoms with Crippen LogP contribution in [0.1, 0.15) is 41.8 Å². The van der Waals surface area contributed by atoms with Gasteiger partial charge in [-0.3, -0.25) is 0 Å². The van der Waals surface area contributed by atoms with Gasteiger partial charge in [-0.25, -0.2) is 22.2 Å². The van der Waals surface area contributed by atoms with Gasteiger partial charge in [0.05, 0.1) is 16.8 Å². The summed E-state index contributed by atoms with van der Waals surface area (Å²) in [7, 11) is -3.55. The highest BCUT2D eigenvalue weighted by atomic mass is 35.5. The van der Waals surface area contributed by atoms with Crippen LogP contribution in [-0.4, -0.2) is 24.6 Å². The van der Waals surface area contributed by atoms with E-state index in [1.54, 1.807) is 26.0 Å². The topological polar surface area (TPSA) is 72.0 Å². The van der Waals surface area contributed by atoms with Crippen molar-refractivity contribution in [3.05, 3.63) is 81.8 Å². The lowest BCUT2D eigenvalue weighted by atomic mass is 10.1. The van der Waals surface area contributed by atoms with Gasteiger partial charge in [0.25, 0.3) is 0 Å². The van der Waals surface area contributed by atoms with Gasteiger partial charge >= 0.3 is 0 Å². The third kappa shape index (κ3) is 4.83. The zero-order valence-electron chi connectivity index (χ0n) is 15.9. The monoisotopic (exact) mass is 440 g/mol. The van der Waals surface area contributed by atoms with Crippen LogP contribution in [0.15, 0.2) is 47.5 Å². The number of H-pyrrole nitrogens is 1. The van der Waals surface area contributed by atoms with E-state index in [4.69, 9.17) is 16.3 Å². The minimum absolute atomic E-state index is 0.0938. The van der Waals surface area contributed by atoms with Crippen LogP contribution in [0.5, 0.6) is 0 Å². The SMILES string of the molecule is Cc1[nH]c(C(OC(C)c2ccc(F)cc2)c2ccc(F)c(Cl)c2)nc1S(C)(=O)=O. The summed E-state index contributed by atoms with van der Waals surface area (Å²) in [6.45, 7) is 3.35. The van der Waals surface area contributed by atoms with Gasteiger partial charge in [-0.05, 0) is 49.2 Å². The molecule has 3 aromatic rings. The van der Waals surface area contributed by atoms with Gasteiger partial charge in [0.1, 0.15) is 23.6 Å². The molecule has 1 aromatic heterocycles. The molecule has 0 saturated heterocycles. The Morgan fingerprint density at radius 3 is 2.28 bits per heavy atom. The van der Waals surface area contributed by atoms with Crippen LogP contribution in [0, 0.1) is 18.6 Å². The Balaban J connectivity index is 2.04. The summed E-state index contributed by atoms with van der Waals surface area (Å²) in [5, 5.41) is -0.194. The third-order valence-electron chi connectivity index (χ3n) is 4.38. The van der Waals surface area contributed by atoms with Crippen molar-refractivity contribution in [3.63, 3.8) is 0 Å². The lowest BCUT2D eigenvalue weighted by Crippen LogP contribution is -2.12. The summed E-state index contributed by atoms with van der Waals surface area (Å²) in [6, 6.07) is 9.89. The second-order valence-corrected chi connectivity index (χ2v) is 9.05. The first-order valence-electron chi connectivity index (χ1n) is 8.68. The number of aryl methyl sites for hydroxylation is 1. The van der Waals surface area contributed by atoms with Crippen molar-refractivity contribution in [2.45, 2.75) is 31.1 Å². The van der Waals surface area contributed by atoms with Crippen molar-refractivity contribution >= 4 is 21.4 Å². The normalized spacial score (nSPS) is 14.0. The average molecular weight is 441 g/mol. The Bertz CT molecular complexity index is 1130. The van der Waals surface area contributed by atoms with E-state index in [1.807, 2.05) is 0 Å². The smallest absolute Gasteiger partial charge is 0.194 e. The van der Waals surface area contributed by atoms with Crippen LogP contribution in [-0.2, 0) is 14.6 Å². The van der Waals surface area contributed by atoms with Crippen molar-refractivity contribution in [3.8, 4) is 0 Å². The molecule has 3 rings (SSSR count). The third-order valence-corrected chi connectivity index (χ3v) is 5.77. The molecule has 154 valence electrons. The molecule has 29 heavy (non-hydrogen) atoms. The van der Waals surface area contributed by atoms with Crippen LogP contribution < -0.4 is 0 Å². The molecule has 2 unspecified atom stereocenters. The summed E-state index contributed by atoms with van der Waals surface area (Å²) >= 11 is 5.93. The minimum atomic E-state index is -3.55. The largest absolute Gasteiger partial charge is 0.358 e. The molecule has 2 atom stereocenters. The molecule has 0 aliphatic rings. The molecule has 0 fully saturated rings. The van der Waals surface area contributed by atoms with E-state index in [0.29, 0.717) is 16.8 Å². The molecule has 1 heterocycles. The number of aromatic nitrogens is 2. The predicted octanol–water partition coefficient (Wildman–Crippen LogP) is 4.92. The maximum Gasteiger partial charge on any atom is 0.194 e. The molecule has 0 saturated carbocycles. The van der Waals surface area contributed by atoms with Crippen molar-refractivity contribution < 1.29 is 21.9 Å². The van der Waals surface area contributed by atoms with E-state index in [0.717, 1.165) is 6.26 Å². The van der Waals surface area contributed by atoms with E-state index in [1.165, 1.54) is 30.3 Å². The first kappa shape index (κ1) is 21.4. The molecule has 5 nitrogen and oxygen atoms in total. The fourth-order valence-electron chi connectivity index (χ4n) is 2.94. The standard InChI is InChI=1S/C20H19ClF2N2O3S/c1-11-20(29(3,26)27)25-19(24-11)18(14-6-9-17(23)16(21)10-14)28-12(2)13-4-7-15(22)8-5-13/h4-10,12,18H,1-3H3,(H,24,25). The molecule has 0 aliphatic heterocycles. The number of nitrogens with one attached hydrogen (secondary N) is 1. The summed E-state index contributed by atoms with van der Waals surface area (Å²) in [4.78, 5) is 7.14. The second-order valence-electron chi connectivity index (χ2n) is 6.71. The van der Waals surface area contributed by atoms with Crippen LogP contribution in [0.25, 0.3) is 0 Å². The second kappa shape index (κ2) is 8.22. The quantitative estimate of drug-likeness (QED) is 0.590. The number of halogens is 3. The van der Waals surface area contributed by atoms with E-state index >= 15 is 0 Å². The molecular weight excluding hydrogens is 422 g/mol. The van der Waals surface area contributed by atoms with E-state index in [2.05, 4.69) is 9.97 Å². The van der Waals surface area contributed by atoms with E-state index in [-0.39, 0.29) is 21.7 Å². The van der Waals surface area contributed by atoms with E-state index in [9.17, 15) is 17.2 Å².